The Balaban J connectivity index is 1.59. The van der Waals surface area contributed by atoms with Crippen molar-refractivity contribution in [1.82, 2.24) is 24.9 Å². The van der Waals surface area contributed by atoms with Crippen LogP contribution >= 0.6 is 11.8 Å². The Kier molecular flexibility index (Phi) is 4.61. The Bertz CT molecular complexity index is 880. The number of rotatable bonds is 5. The summed E-state index contributed by atoms with van der Waals surface area (Å²) in [6.07, 6.45) is 0. The lowest BCUT2D eigenvalue weighted by molar-refractivity contribution is -0.118. The van der Waals surface area contributed by atoms with Crippen LogP contribution in [-0.2, 0) is 11.3 Å². The van der Waals surface area contributed by atoms with Gasteiger partial charge in [0.15, 0.2) is 10.8 Å². The first-order chi connectivity index (χ1) is 11.5. The molecule has 0 saturated heterocycles. The van der Waals surface area contributed by atoms with Crippen molar-refractivity contribution in [3.05, 3.63) is 47.4 Å². The first-order valence-electron chi connectivity index (χ1n) is 7.15. The number of hydrogen-bond acceptors (Lipinski definition) is 6. The smallest absolute Gasteiger partial charge is 0.230 e. The number of thioether (sulfide) groups is 1. The molecule has 7 nitrogen and oxygen atoms in total. The number of nitrogen functional groups attached to an aromatic ring is 1. The molecule has 24 heavy (non-hydrogen) atoms. The van der Waals surface area contributed by atoms with Crippen LogP contribution in [0.3, 0.4) is 0 Å². The Morgan fingerprint density at radius 3 is 2.83 bits per heavy atom. The van der Waals surface area contributed by atoms with Crippen LogP contribution in [0.1, 0.15) is 11.3 Å². The van der Waals surface area contributed by atoms with Gasteiger partial charge in [0.05, 0.1) is 5.75 Å². The second-order valence-corrected chi connectivity index (χ2v) is 6.07. The van der Waals surface area contributed by atoms with Crippen LogP contribution in [0.15, 0.2) is 35.5 Å². The van der Waals surface area contributed by atoms with Gasteiger partial charge in [-0.05, 0) is 24.6 Å². The summed E-state index contributed by atoms with van der Waals surface area (Å²) in [6, 6.07) is 7.74. The lowest BCUT2D eigenvalue weighted by Gasteiger charge is -2.06. The number of nitrogens with two attached hydrogens (primary N) is 1. The number of carbonyl (C=O) groups excluding carboxylic acids is 1. The van der Waals surface area contributed by atoms with E-state index in [1.807, 2.05) is 6.92 Å². The molecule has 0 radical (unpaired) electrons. The summed E-state index contributed by atoms with van der Waals surface area (Å²) in [6.45, 7) is 2.16. The maximum atomic E-state index is 12.8. The van der Waals surface area contributed by atoms with Crippen LogP contribution in [-0.4, -0.2) is 31.2 Å². The van der Waals surface area contributed by atoms with Gasteiger partial charge in [0.1, 0.15) is 5.82 Å². The number of nitrogens with zero attached hydrogens (tertiary/aromatic N) is 4. The lowest BCUT2D eigenvalue weighted by Crippen LogP contribution is -2.24. The molecule has 9 heteroatoms. The third-order valence-electron chi connectivity index (χ3n) is 3.25. The average molecular weight is 346 g/mol. The second kappa shape index (κ2) is 6.83. The number of aromatic nitrogens is 4. The van der Waals surface area contributed by atoms with Gasteiger partial charge in [0.2, 0.25) is 11.9 Å². The van der Waals surface area contributed by atoms with Crippen molar-refractivity contribution in [1.29, 1.82) is 0 Å². The molecule has 0 aliphatic carbocycles. The van der Waals surface area contributed by atoms with Gasteiger partial charge in [-0.15, -0.1) is 10.2 Å². The van der Waals surface area contributed by atoms with Gasteiger partial charge < -0.3 is 11.1 Å². The predicted octanol–water partition coefficient (Wildman–Crippen LogP) is 1.56. The summed E-state index contributed by atoms with van der Waals surface area (Å²) in [5.74, 6) is -0.0281. The highest BCUT2D eigenvalue weighted by Gasteiger charge is 2.12. The molecule has 2 aromatic heterocycles. The number of nitrogens with one attached hydrogen (secondary N) is 1. The Labute approximate surface area is 141 Å². The van der Waals surface area contributed by atoms with Crippen LogP contribution in [0.4, 0.5) is 10.3 Å². The van der Waals surface area contributed by atoms with Crippen LogP contribution in [0.2, 0.25) is 0 Å². The number of aryl methyl sites for hydroxylation is 1. The zero-order valence-electron chi connectivity index (χ0n) is 12.9. The predicted molar refractivity (Wildman–Crippen MR) is 88.9 cm³/mol. The van der Waals surface area contributed by atoms with E-state index < -0.39 is 0 Å². The van der Waals surface area contributed by atoms with E-state index in [0.29, 0.717) is 17.3 Å². The first-order valence-corrected chi connectivity index (χ1v) is 8.13. The standard InChI is InChI=1S/C15H15FN6OS/c1-9-6-12-20-21-15(22(12)14(17)19-9)24-8-13(23)18-7-10-2-4-11(16)5-3-10/h2-6H,7-8H2,1H3,(H2,17,19)(H,18,23). The zero-order chi connectivity index (χ0) is 17.1. The molecule has 0 unspecified atom stereocenters. The molecule has 0 atom stereocenters. The van der Waals surface area contributed by atoms with E-state index >= 15 is 0 Å². The minimum absolute atomic E-state index is 0.162. The Morgan fingerprint density at radius 2 is 2.08 bits per heavy atom. The highest BCUT2D eigenvalue weighted by atomic mass is 32.2. The summed E-state index contributed by atoms with van der Waals surface area (Å²) in [5.41, 5.74) is 8.05. The van der Waals surface area contributed by atoms with Crippen LogP contribution in [0, 0.1) is 12.7 Å². The molecule has 0 saturated carbocycles. The third kappa shape index (κ3) is 3.62. The number of hydrogen-bond donors (Lipinski definition) is 2. The molecule has 3 aromatic rings. The summed E-state index contributed by atoms with van der Waals surface area (Å²) >= 11 is 1.22. The molecule has 0 aliphatic rings. The van der Waals surface area contributed by atoms with Crippen molar-refractivity contribution in [2.45, 2.75) is 18.6 Å². The van der Waals surface area contributed by atoms with Gasteiger partial charge in [-0.3, -0.25) is 4.79 Å². The van der Waals surface area contributed by atoms with Crippen LogP contribution in [0.5, 0.6) is 0 Å². The first kappa shape index (κ1) is 16.2. The number of benzene rings is 1. The molecule has 0 bridgehead atoms. The minimum Gasteiger partial charge on any atom is -0.369 e. The van der Waals surface area contributed by atoms with E-state index in [9.17, 15) is 9.18 Å². The lowest BCUT2D eigenvalue weighted by atomic mass is 10.2. The topological polar surface area (TPSA) is 98.2 Å². The minimum atomic E-state index is -0.305. The maximum Gasteiger partial charge on any atom is 0.230 e. The SMILES string of the molecule is Cc1cc2nnc(SCC(=O)NCc3ccc(F)cc3)n2c(N)n1. The van der Waals surface area contributed by atoms with Crippen molar-refractivity contribution in [3.8, 4) is 0 Å². The molecule has 0 aliphatic heterocycles. The molecule has 124 valence electrons. The Hall–Kier alpha value is -2.68. The fourth-order valence-corrected chi connectivity index (χ4v) is 2.89. The highest BCUT2D eigenvalue weighted by Crippen LogP contribution is 2.19. The number of anilines is 1. The molecule has 2 heterocycles. The van der Waals surface area contributed by atoms with Crippen molar-refractivity contribution in [2.75, 3.05) is 11.5 Å². The number of halogens is 1. The summed E-state index contributed by atoms with van der Waals surface area (Å²) in [7, 11) is 0. The zero-order valence-corrected chi connectivity index (χ0v) is 13.7. The van der Waals surface area contributed by atoms with Gasteiger partial charge in [0.25, 0.3) is 0 Å². The molecule has 1 amide bonds. The van der Waals surface area contributed by atoms with Gasteiger partial charge in [0, 0.05) is 18.3 Å². The van der Waals surface area contributed by atoms with E-state index in [1.54, 1.807) is 22.6 Å². The van der Waals surface area contributed by atoms with Crippen molar-refractivity contribution in [2.24, 2.45) is 0 Å². The number of fused-ring (bicyclic) bond motifs is 1. The van der Waals surface area contributed by atoms with Crippen molar-refractivity contribution in [3.63, 3.8) is 0 Å². The van der Waals surface area contributed by atoms with E-state index in [2.05, 4.69) is 20.5 Å². The largest absolute Gasteiger partial charge is 0.369 e. The summed E-state index contributed by atoms with van der Waals surface area (Å²) in [4.78, 5) is 16.1. The van der Waals surface area contributed by atoms with E-state index in [0.717, 1.165) is 11.3 Å². The summed E-state index contributed by atoms with van der Waals surface area (Å²) in [5, 5.41) is 11.3. The Morgan fingerprint density at radius 1 is 1.33 bits per heavy atom. The molecule has 0 spiro atoms. The van der Waals surface area contributed by atoms with Crippen molar-refractivity contribution >= 4 is 29.3 Å². The van der Waals surface area contributed by atoms with Crippen LogP contribution in [0.25, 0.3) is 5.65 Å². The molecule has 3 rings (SSSR count). The number of amides is 1. The van der Waals surface area contributed by atoms with Crippen LogP contribution < -0.4 is 11.1 Å². The molecular weight excluding hydrogens is 331 g/mol. The molecule has 1 aromatic carbocycles. The molecular formula is C15H15FN6OS. The van der Waals surface area contributed by atoms with Crippen molar-refractivity contribution < 1.29 is 9.18 Å². The number of carbonyl (C=O) groups is 1. The van der Waals surface area contributed by atoms with Gasteiger partial charge in [-0.2, -0.15) is 0 Å². The maximum absolute atomic E-state index is 12.8. The van der Waals surface area contributed by atoms with Gasteiger partial charge in [-0.1, -0.05) is 23.9 Å². The summed E-state index contributed by atoms with van der Waals surface area (Å²) < 4.78 is 14.4. The van der Waals surface area contributed by atoms with E-state index in [-0.39, 0.29) is 23.4 Å². The third-order valence-corrected chi connectivity index (χ3v) is 4.18. The fraction of sp³-hybridized carbons (Fsp3) is 0.200. The van der Waals surface area contributed by atoms with Gasteiger partial charge >= 0.3 is 0 Å². The normalized spacial score (nSPS) is 10.9. The second-order valence-electron chi connectivity index (χ2n) is 5.12. The van der Waals surface area contributed by atoms with E-state index in [4.69, 9.17) is 5.73 Å². The molecule has 0 fully saturated rings. The highest BCUT2D eigenvalue weighted by molar-refractivity contribution is 7.99. The van der Waals surface area contributed by atoms with E-state index in [1.165, 1.54) is 23.9 Å². The van der Waals surface area contributed by atoms with Gasteiger partial charge in [-0.25, -0.2) is 13.8 Å². The molecule has 3 N–H and O–H groups in total. The fourth-order valence-electron chi connectivity index (χ4n) is 2.12. The quantitative estimate of drug-likeness (QED) is 0.681. The average Bonchev–Trinajstić information content (AvgIpc) is 2.95. The monoisotopic (exact) mass is 346 g/mol.